The number of amides is 1. The lowest BCUT2D eigenvalue weighted by molar-refractivity contribution is -0.139. The number of benzene rings is 4. The molecule has 0 fully saturated rings. The van der Waals surface area contributed by atoms with Gasteiger partial charge in [-0.1, -0.05) is 60.7 Å². The molecule has 4 aromatic carbocycles. The fourth-order valence-electron chi connectivity index (χ4n) is 5.47. The number of carbonyl (C=O) groups excluding carboxylic acids is 2. The first-order valence-electron chi connectivity index (χ1n) is 12.8. The van der Waals surface area contributed by atoms with E-state index in [1.54, 1.807) is 60.7 Å². The van der Waals surface area contributed by atoms with Gasteiger partial charge in [-0.2, -0.15) is 4.31 Å². The summed E-state index contributed by atoms with van der Waals surface area (Å²) in [5, 5.41) is 12.6. The number of sulfonamides is 1. The molecule has 1 aliphatic carbocycles. The molecule has 2 N–H and O–H groups in total. The Morgan fingerprint density at radius 2 is 1.61 bits per heavy atom. The zero-order valence-electron chi connectivity index (χ0n) is 21.5. The second-order valence-electron chi connectivity index (χ2n) is 9.92. The maximum Gasteiger partial charge on any atom is 0.330 e. The van der Waals surface area contributed by atoms with Gasteiger partial charge < -0.3 is 10.4 Å². The van der Waals surface area contributed by atoms with Crippen molar-refractivity contribution in [1.82, 2.24) is 9.62 Å². The molecular weight excluding hydrogens is 547 g/mol. The minimum absolute atomic E-state index is 0.0343. The van der Waals surface area contributed by atoms with Gasteiger partial charge in [-0.05, 0) is 52.9 Å². The van der Waals surface area contributed by atoms with Gasteiger partial charge in [0.2, 0.25) is 10.0 Å². The average molecular weight is 571 g/mol. The van der Waals surface area contributed by atoms with E-state index in [0.717, 1.165) is 17.7 Å². The van der Waals surface area contributed by atoms with Crippen molar-refractivity contribution >= 4 is 27.7 Å². The number of nitrogens with one attached hydrogen (secondary N) is 1. The molecule has 4 aromatic rings. The monoisotopic (exact) mass is 570 g/mol. The van der Waals surface area contributed by atoms with E-state index in [2.05, 4.69) is 5.32 Å². The summed E-state index contributed by atoms with van der Waals surface area (Å²) >= 11 is 0. The van der Waals surface area contributed by atoms with Crippen LogP contribution in [0.5, 0.6) is 0 Å². The highest BCUT2D eigenvalue weighted by Gasteiger charge is 2.33. The Kier molecular flexibility index (Phi) is 6.51. The Morgan fingerprint density at radius 3 is 2.37 bits per heavy atom. The Morgan fingerprint density at radius 1 is 0.878 bits per heavy atom. The molecule has 206 valence electrons. The summed E-state index contributed by atoms with van der Waals surface area (Å²) in [7, 11) is -3.99. The van der Waals surface area contributed by atoms with Crippen LogP contribution in [0.1, 0.15) is 49.0 Å². The van der Waals surface area contributed by atoms with Crippen molar-refractivity contribution in [3.8, 4) is 11.1 Å². The predicted octanol–water partition coefficient (Wildman–Crippen LogP) is 4.34. The number of rotatable bonds is 6. The fraction of sp³-hybridized carbons (Fsp3) is 0.129. The number of aliphatic carboxylic acids is 1. The first-order chi connectivity index (χ1) is 19.6. The topological polar surface area (TPSA) is 121 Å². The number of carbonyl (C=O) groups is 3. The zero-order valence-corrected chi connectivity index (χ0v) is 22.3. The van der Waals surface area contributed by atoms with Gasteiger partial charge in [-0.25, -0.2) is 17.6 Å². The first-order valence-corrected chi connectivity index (χ1v) is 14.3. The highest BCUT2D eigenvalue weighted by atomic mass is 32.2. The van der Waals surface area contributed by atoms with Crippen LogP contribution in [-0.4, -0.2) is 42.0 Å². The summed E-state index contributed by atoms with van der Waals surface area (Å²) < 4.78 is 41.3. The van der Waals surface area contributed by atoms with Gasteiger partial charge in [0.15, 0.2) is 11.8 Å². The van der Waals surface area contributed by atoms with E-state index in [1.165, 1.54) is 16.4 Å². The van der Waals surface area contributed by atoms with Crippen LogP contribution >= 0.6 is 0 Å². The minimum atomic E-state index is -3.99. The molecule has 6 rings (SSSR count). The third-order valence-corrected chi connectivity index (χ3v) is 9.33. The van der Waals surface area contributed by atoms with Crippen LogP contribution in [0.3, 0.4) is 0 Å². The Balaban J connectivity index is 1.29. The highest BCUT2D eigenvalue weighted by Crippen LogP contribution is 2.39. The maximum absolute atomic E-state index is 13.7. The molecule has 2 aliphatic rings. The number of nitrogens with zero attached hydrogens (tertiary/aromatic N) is 1. The molecule has 1 amide bonds. The van der Waals surface area contributed by atoms with Crippen molar-refractivity contribution in [2.75, 3.05) is 6.54 Å². The average Bonchev–Trinajstić information content (AvgIpc) is 3.27. The van der Waals surface area contributed by atoms with E-state index in [9.17, 15) is 32.3 Å². The van der Waals surface area contributed by atoms with Gasteiger partial charge in [-0.3, -0.25) is 9.59 Å². The molecule has 1 heterocycles. The zero-order chi connectivity index (χ0) is 28.9. The summed E-state index contributed by atoms with van der Waals surface area (Å²) in [6.45, 7) is 0.150. The van der Waals surface area contributed by atoms with Gasteiger partial charge in [-0.15, -0.1) is 0 Å². The minimum Gasteiger partial charge on any atom is -0.479 e. The summed E-state index contributed by atoms with van der Waals surface area (Å²) in [4.78, 5) is 38.5. The molecule has 0 aromatic heterocycles. The van der Waals surface area contributed by atoms with E-state index < -0.39 is 33.8 Å². The van der Waals surface area contributed by atoms with Crippen molar-refractivity contribution < 1.29 is 32.3 Å². The van der Waals surface area contributed by atoms with Crippen LogP contribution in [0, 0.1) is 5.82 Å². The number of hydrogen-bond acceptors (Lipinski definition) is 5. The second-order valence-corrected chi connectivity index (χ2v) is 11.9. The molecule has 0 bridgehead atoms. The van der Waals surface area contributed by atoms with Gasteiger partial charge >= 0.3 is 5.97 Å². The van der Waals surface area contributed by atoms with Crippen LogP contribution in [-0.2, 0) is 27.8 Å². The molecule has 0 spiro atoms. The number of halogens is 1. The number of ketones is 1. The lowest BCUT2D eigenvalue weighted by Crippen LogP contribution is -2.37. The summed E-state index contributed by atoms with van der Waals surface area (Å²) in [5.41, 5.74) is 3.80. The lowest BCUT2D eigenvalue weighted by Gasteiger charge is -2.29. The standard InChI is InChI=1S/C31H23FN2O6S/c32-21-5-3-6-22(16-21)41(39,40)34-14-13-18-11-12-19(15-20(18)17-34)28(31(37)38)33-30(36)26-10-4-9-25-27(26)23-7-1-2-8-24(23)29(25)35/h1-12,15-16,28H,13-14,17H2,(H,33,36)(H,37,38). The van der Waals surface area contributed by atoms with Crippen LogP contribution < -0.4 is 5.32 Å². The van der Waals surface area contributed by atoms with E-state index in [-0.39, 0.29) is 34.9 Å². The van der Waals surface area contributed by atoms with Crippen molar-refractivity contribution in [2.24, 2.45) is 0 Å². The Hall–Kier alpha value is -4.67. The quantitative estimate of drug-likeness (QED) is 0.313. The van der Waals surface area contributed by atoms with Crippen LogP contribution in [0.25, 0.3) is 11.1 Å². The smallest absolute Gasteiger partial charge is 0.330 e. The lowest BCUT2D eigenvalue weighted by atomic mass is 9.95. The second kappa shape index (κ2) is 10.1. The fourth-order valence-corrected chi connectivity index (χ4v) is 6.92. The van der Waals surface area contributed by atoms with Crippen molar-refractivity contribution in [1.29, 1.82) is 0 Å². The third-order valence-electron chi connectivity index (χ3n) is 7.49. The maximum atomic E-state index is 13.7. The van der Waals surface area contributed by atoms with Gasteiger partial charge in [0, 0.05) is 35.3 Å². The van der Waals surface area contributed by atoms with E-state index >= 15 is 0 Å². The normalized spacial score (nSPS) is 15.0. The van der Waals surface area contributed by atoms with Crippen molar-refractivity contribution in [2.45, 2.75) is 23.9 Å². The van der Waals surface area contributed by atoms with E-state index in [0.29, 0.717) is 34.2 Å². The van der Waals surface area contributed by atoms with Crippen LogP contribution in [0.2, 0.25) is 0 Å². The van der Waals surface area contributed by atoms with Gasteiger partial charge in [0.1, 0.15) is 5.82 Å². The molecule has 1 aliphatic heterocycles. The molecule has 41 heavy (non-hydrogen) atoms. The highest BCUT2D eigenvalue weighted by molar-refractivity contribution is 7.89. The SMILES string of the molecule is O=C(NC(C(=O)O)c1ccc2c(c1)CN(S(=O)(=O)c1cccc(F)c1)CC2)c1cccc2c1-c1ccccc1C2=O. The first kappa shape index (κ1) is 26.5. The largest absolute Gasteiger partial charge is 0.479 e. The summed E-state index contributed by atoms with van der Waals surface area (Å²) in [6, 6.07) is 20.0. The third kappa shape index (κ3) is 4.60. The molecule has 0 saturated heterocycles. The van der Waals surface area contributed by atoms with Gasteiger partial charge in [0.25, 0.3) is 5.91 Å². The Bertz CT molecular complexity index is 1870. The predicted molar refractivity (Wildman–Crippen MR) is 147 cm³/mol. The van der Waals surface area contributed by atoms with E-state index in [1.807, 2.05) is 0 Å². The summed E-state index contributed by atoms with van der Waals surface area (Å²) in [6.07, 6.45) is 0.387. The molecule has 0 saturated carbocycles. The Labute approximate surface area is 235 Å². The van der Waals surface area contributed by atoms with Crippen LogP contribution in [0.4, 0.5) is 4.39 Å². The van der Waals surface area contributed by atoms with Crippen molar-refractivity contribution in [3.05, 3.63) is 124 Å². The number of carboxylic acids is 1. The molecular formula is C31H23FN2O6S. The summed E-state index contributed by atoms with van der Waals surface area (Å²) in [5.74, 6) is -2.83. The number of carboxylic acid groups (broad SMARTS) is 1. The van der Waals surface area contributed by atoms with Crippen molar-refractivity contribution in [3.63, 3.8) is 0 Å². The number of hydrogen-bond donors (Lipinski definition) is 2. The molecule has 8 nitrogen and oxygen atoms in total. The molecule has 10 heteroatoms. The molecule has 0 radical (unpaired) electrons. The number of fused-ring (bicyclic) bond motifs is 4. The molecule has 1 atom stereocenters. The van der Waals surface area contributed by atoms with E-state index in [4.69, 9.17) is 0 Å². The molecule has 1 unspecified atom stereocenters. The van der Waals surface area contributed by atoms with Gasteiger partial charge in [0.05, 0.1) is 4.90 Å². The van der Waals surface area contributed by atoms with Crippen LogP contribution in [0.15, 0.2) is 89.8 Å².